The Bertz CT molecular complexity index is 1400. The maximum absolute atomic E-state index is 13.0. The molecule has 0 fully saturated rings. The third kappa shape index (κ3) is 3.22. The van der Waals surface area contributed by atoms with Gasteiger partial charge in [0.2, 0.25) is 0 Å². The van der Waals surface area contributed by atoms with Crippen LogP contribution in [-0.2, 0) is 0 Å². The molecule has 29 heavy (non-hydrogen) atoms. The molecular formula is C25H14Br2O2. The van der Waals surface area contributed by atoms with E-state index in [4.69, 9.17) is 4.42 Å². The SMILES string of the molecule is O=c1oc(-c2cccc(Br)c2)c(-c2cccc(Br)c2)c2c3cccccc-3cc12. The summed E-state index contributed by atoms with van der Waals surface area (Å²) in [6.07, 6.45) is 0. The highest BCUT2D eigenvalue weighted by Crippen LogP contribution is 2.44. The Hall–Kier alpha value is -2.69. The Morgan fingerprint density at radius 3 is 2.07 bits per heavy atom. The van der Waals surface area contributed by atoms with Gasteiger partial charge in [-0.15, -0.1) is 0 Å². The van der Waals surface area contributed by atoms with Gasteiger partial charge >= 0.3 is 5.63 Å². The van der Waals surface area contributed by atoms with E-state index >= 15 is 0 Å². The molecule has 2 aliphatic carbocycles. The van der Waals surface area contributed by atoms with Gasteiger partial charge < -0.3 is 4.42 Å². The van der Waals surface area contributed by atoms with Gasteiger partial charge in [0.05, 0.1) is 5.39 Å². The molecule has 140 valence electrons. The summed E-state index contributed by atoms with van der Waals surface area (Å²) < 4.78 is 7.81. The molecule has 3 aromatic rings. The van der Waals surface area contributed by atoms with E-state index < -0.39 is 0 Å². The lowest BCUT2D eigenvalue weighted by atomic mass is 9.95. The van der Waals surface area contributed by atoms with Gasteiger partial charge in [0.25, 0.3) is 0 Å². The van der Waals surface area contributed by atoms with Crippen LogP contribution in [0.1, 0.15) is 0 Å². The maximum Gasteiger partial charge on any atom is 0.344 e. The molecule has 0 radical (unpaired) electrons. The molecule has 2 aliphatic rings. The van der Waals surface area contributed by atoms with Crippen LogP contribution in [0.3, 0.4) is 0 Å². The Kier molecular flexibility index (Phi) is 4.61. The van der Waals surface area contributed by atoms with Crippen molar-refractivity contribution in [3.05, 3.63) is 104 Å². The topological polar surface area (TPSA) is 30.2 Å². The fraction of sp³-hybridized carbons (Fsp3) is 0. The summed E-state index contributed by atoms with van der Waals surface area (Å²) in [6, 6.07) is 27.9. The average Bonchev–Trinajstić information content (AvgIpc) is 2.91. The van der Waals surface area contributed by atoms with Crippen LogP contribution in [0.5, 0.6) is 0 Å². The second kappa shape index (κ2) is 7.29. The molecule has 2 nitrogen and oxygen atoms in total. The third-order valence-electron chi connectivity index (χ3n) is 5.00. The molecule has 0 aliphatic heterocycles. The molecular weight excluding hydrogens is 492 g/mol. The van der Waals surface area contributed by atoms with Crippen molar-refractivity contribution < 1.29 is 4.42 Å². The van der Waals surface area contributed by atoms with Gasteiger partial charge in [-0.25, -0.2) is 4.79 Å². The number of rotatable bonds is 2. The van der Waals surface area contributed by atoms with Crippen molar-refractivity contribution in [3.63, 3.8) is 0 Å². The highest BCUT2D eigenvalue weighted by molar-refractivity contribution is 9.10. The summed E-state index contributed by atoms with van der Waals surface area (Å²) >= 11 is 7.11. The largest absolute Gasteiger partial charge is 0.422 e. The number of halogens is 2. The number of benzene rings is 2. The highest BCUT2D eigenvalue weighted by atomic mass is 79.9. The Morgan fingerprint density at radius 1 is 0.655 bits per heavy atom. The Morgan fingerprint density at radius 2 is 1.31 bits per heavy atom. The van der Waals surface area contributed by atoms with E-state index in [1.165, 1.54) is 0 Å². The zero-order chi connectivity index (χ0) is 20.0. The van der Waals surface area contributed by atoms with E-state index in [9.17, 15) is 4.79 Å². The van der Waals surface area contributed by atoms with Crippen molar-refractivity contribution in [1.82, 2.24) is 0 Å². The second-order valence-electron chi connectivity index (χ2n) is 6.83. The second-order valence-corrected chi connectivity index (χ2v) is 8.66. The first-order valence-electron chi connectivity index (χ1n) is 9.12. The summed E-state index contributed by atoms with van der Waals surface area (Å²) in [5, 5.41) is 1.51. The van der Waals surface area contributed by atoms with E-state index in [1.54, 1.807) is 0 Å². The van der Waals surface area contributed by atoms with Crippen LogP contribution < -0.4 is 5.63 Å². The minimum Gasteiger partial charge on any atom is -0.422 e. The lowest BCUT2D eigenvalue weighted by Crippen LogP contribution is -2.01. The third-order valence-corrected chi connectivity index (χ3v) is 5.99. The fourth-order valence-electron chi connectivity index (χ4n) is 3.78. The number of hydrogen-bond donors (Lipinski definition) is 0. The quantitative estimate of drug-likeness (QED) is 0.245. The molecule has 0 bridgehead atoms. The molecule has 0 amide bonds. The molecule has 2 aromatic carbocycles. The zero-order valence-corrected chi connectivity index (χ0v) is 18.3. The predicted molar refractivity (Wildman–Crippen MR) is 125 cm³/mol. The number of hydrogen-bond acceptors (Lipinski definition) is 2. The monoisotopic (exact) mass is 504 g/mol. The average molecular weight is 506 g/mol. The first-order chi connectivity index (χ1) is 14.1. The van der Waals surface area contributed by atoms with E-state index in [2.05, 4.69) is 44.0 Å². The molecule has 0 unspecified atom stereocenters. The fourth-order valence-corrected chi connectivity index (χ4v) is 4.58. The summed E-state index contributed by atoms with van der Waals surface area (Å²) in [5.41, 5.74) is 4.47. The number of fused-ring (bicyclic) bond motifs is 3. The molecule has 4 heteroatoms. The van der Waals surface area contributed by atoms with Crippen LogP contribution in [-0.4, -0.2) is 0 Å². The molecule has 0 saturated heterocycles. The van der Waals surface area contributed by atoms with Gasteiger partial charge in [-0.2, -0.15) is 0 Å². The van der Waals surface area contributed by atoms with Gasteiger partial charge in [-0.3, -0.25) is 0 Å². The van der Waals surface area contributed by atoms with Crippen LogP contribution in [0, 0.1) is 0 Å². The lowest BCUT2D eigenvalue weighted by molar-refractivity contribution is 0.536. The van der Waals surface area contributed by atoms with Crippen LogP contribution in [0.15, 0.2) is 103 Å². The van der Waals surface area contributed by atoms with E-state index in [0.29, 0.717) is 11.1 Å². The Balaban J connectivity index is 1.99. The zero-order valence-electron chi connectivity index (χ0n) is 15.2. The van der Waals surface area contributed by atoms with Gasteiger partial charge in [-0.1, -0.05) is 86.5 Å². The molecule has 1 aromatic heterocycles. The molecule has 0 spiro atoms. The van der Waals surface area contributed by atoms with Gasteiger partial charge in [-0.05, 0) is 47.0 Å². The summed E-state index contributed by atoms with van der Waals surface area (Å²) in [6.45, 7) is 0. The molecule has 0 N–H and O–H groups in total. The minimum absolute atomic E-state index is 0.326. The molecule has 5 rings (SSSR count). The Labute approximate surface area is 184 Å². The summed E-state index contributed by atoms with van der Waals surface area (Å²) in [4.78, 5) is 13.0. The van der Waals surface area contributed by atoms with Gasteiger partial charge in [0, 0.05) is 25.5 Å². The van der Waals surface area contributed by atoms with Gasteiger partial charge in [0.1, 0.15) is 5.76 Å². The first kappa shape index (κ1) is 18.3. The van der Waals surface area contributed by atoms with Gasteiger partial charge in [0.15, 0.2) is 0 Å². The van der Waals surface area contributed by atoms with Crippen LogP contribution in [0.25, 0.3) is 44.3 Å². The normalized spacial score (nSPS) is 11.2. The van der Waals surface area contributed by atoms with Crippen molar-refractivity contribution in [1.29, 1.82) is 0 Å². The maximum atomic E-state index is 13.0. The van der Waals surface area contributed by atoms with Crippen molar-refractivity contribution >= 4 is 42.6 Å². The van der Waals surface area contributed by atoms with Crippen LogP contribution in [0.2, 0.25) is 0 Å². The predicted octanol–water partition coefficient (Wildman–Crippen LogP) is 7.76. The highest BCUT2D eigenvalue weighted by Gasteiger charge is 2.22. The first-order valence-corrected chi connectivity index (χ1v) is 10.7. The standard InChI is InChI=1S/C25H14Br2O2/c26-18-9-4-7-16(12-18)22-23-20-11-3-1-2-6-15(20)14-21(23)25(28)29-24(22)17-8-5-10-19(27)13-17/h1-14H. The van der Waals surface area contributed by atoms with Crippen molar-refractivity contribution in [3.8, 4) is 33.6 Å². The van der Waals surface area contributed by atoms with Crippen molar-refractivity contribution in [2.45, 2.75) is 0 Å². The molecule has 1 heterocycles. The van der Waals surface area contributed by atoms with E-state index in [-0.39, 0.29) is 5.63 Å². The molecule has 0 atom stereocenters. The van der Waals surface area contributed by atoms with Crippen LogP contribution in [0.4, 0.5) is 0 Å². The lowest BCUT2D eigenvalue weighted by Gasteiger charge is -2.12. The van der Waals surface area contributed by atoms with E-state index in [1.807, 2.05) is 72.8 Å². The summed E-state index contributed by atoms with van der Waals surface area (Å²) in [5.74, 6) is 0.570. The van der Waals surface area contributed by atoms with Crippen molar-refractivity contribution in [2.24, 2.45) is 0 Å². The minimum atomic E-state index is -0.326. The van der Waals surface area contributed by atoms with Crippen LogP contribution >= 0.6 is 31.9 Å². The summed E-state index contributed by atoms with van der Waals surface area (Å²) in [7, 11) is 0. The molecule has 0 saturated carbocycles. The van der Waals surface area contributed by atoms with E-state index in [0.717, 1.165) is 42.1 Å². The smallest absolute Gasteiger partial charge is 0.344 e. The van der Waals surface area contributed by atoms with Crippen molar-refractivity contribution in [2.75, 3.05) is 0 Å².